The molecule has 1 aromatic heterocycles. The number of rotatable bonds is 7. The Hall–Kier alpha value is -1.07. The molecule has 0 aromatic carbocycles. The third-order valence-electron chi connectivity index (χ3n) is 4.16. The van der Waals surface area contributed by atoms with E-state index in [1.54, 1.807) is 0 Å². The minimum absolute atomic E-state index is 0.428. The standard InChI is InChI=1S/C18H31N3OS/c1-4-19-18(21-10-8-16(9-11-21)22-5-2)20-14-15(3)13-17-7-6-12-23-17/h6-7,12,15-16H,4-5,8-11,13-14H2,1-3H3,(H,19,20). The molecule has 1 atom stereocenters. The Bertz CT molecular complexity index is 453. The number of hydrogen-bond acceptors (Lipinski definition) is 3. The minimum atomic E-state index is 0.428. The molecular formula is C18H31N3OS. The molecule has 5 heteroatoms. The fourth-order valence-corrected chi connectivity index (χ4v) is 3.84. The summed E-state index contributed by atoms with van der Waals surface area (Å²) in [5.74, 6) is 1.64. The second kappa shape index (κ2) is 9.93. The predicted molar refractivity (Wildman–Crippen MR) is 99.4 cm³/mol. The summed E-state index contributed by atoms with van der Waals surface area (Å²) >= 11 is 1.84. The van der Waals surface area contributed by atoms with Crippen molar-refractivity contribution in [2.24, 2.45) is 10.9 Å². The number of thiophene rings is 1. The highest BCUT2D eigenvalue weighted by atomic mass is 32.1. The second-order valence-corrected chi connectivity index (χ2v) is 7.26. The zero-order valence-electron chi connectivity index (χ0n) is 14.8. The average molecular weight is 338 g/mol. The van der Waals surface area contributed by atoms with Crippen LogP contribution in [-0.2, 0) is 11.2 Å². The zero-order chi connectivity index (χ0) is 16.5. The van der Waals surface area contributed by atoms with Crippen LogP contribution in [0.2, 0.25) is 0 Å². The molecule has 0 spiro atoms. The summed E-state index contributed by atoms with van der Waals surface area (Å²) in [6, 6.07) is 4.34. The van der Waals surface area contributed by atoms with E-state index in [1.807, 2.05) is 11.3 Å². The third kappa shape index (κ3) is 6.15. The van der Waals surface area contributed by atoms with E-state index in [9.17, 15) is 0 Å². The molecule has 0 radical (unpaired) electrons. The Labute approximate surface area is 144 Å². The van der Waals surface area contributed by atoms with Crippen LogP contribution in [0.15, 0.2) is 22.5 Å². The van der Waals surface area contributed by atoms with E-state index in [-0.39, 0.29) is 0 Å². The fourth-order valence-electron chi connectivity index (χ4n) is 2.97. The van der Waals surface area contributed by atoms with Gasteiger partial charge in [0.25, 0.3) is 0 Å². The monoisotopic (exact) mass is 337 g/mol. The number of aliphatic imine (C=N–C) groups is 1. The summed E-state index contributed by atoms with van der Waals surface area (Å²) < 4.78 is 5.74. The molecular weight excluding hydrogens is 306 g/mol. The Morgan fingerprint density at radius 3 is 2.83 bits per heavy atom. The molecule has 2 heterocycles. The molecule has 1 aliphatic rings. The van der Waals surface area contributed by atoms with Crippen LogP contribution in [0.5, 0.6) is 0 Å². The van der Waals surface area contributed by atoms with Gasteiger partial charge in [0.2, 0.25) is 0 Å². The molecule has 1 unspecified atom stereocenters. The molecule has 4 nitrogen and oxygen atoms in total. The van der Waals surface area contributed by atoms with Gasteiger partial charge in [0.05, 0.1) is 6.10 Å². The van der Waals surface area contributed by atoms with Crippen molar-refractivity contribution in [1.29, 1.82) is 0 Å². The number of ether oxygens (including phenoxy) is 1. The molecule has 1 N–H and O–H groups in total. The van der Waals surface area contributed by atoms with Gasteiger partial charge in [0, 0.05) is 37.7 Å². The molecule has 1 saturated heterocycles. The summed E-state index contributed by atoms with van der Waals surface area (Å²) in [5, 5.41) is 5.60. The number of nitrogens with one attached hydrogen (secondary N) is 1. The van der Waals surface area contributed by atoms with Crippen molar-refractivity contribution in [3.05, 3.63) is 22.4 Å². The first-order chi connectivity index (χ1) is 11.2. The van der Waals surface area contributed by atoms with Gasteiger partial charge in [-0.25, -0.2) is 0 Å². The van der Waals surface area contributed by atoms with Gasteiger partial charge in [-0.1, -0.05) is 13.0 Å². The van der Waals surface area contributed by atoms with E-state index < -0.39 is 0 Å². The number of piperidine rings is 1. The quantitative estimate of drug-likeness (QED) is 0.612. The van der Waals surface area contributed by atoms with Gasteiger partial charge in [-0.3, -0.25) is 4.99 Å². The number of nitrogens with zero attached hydrogens (tertiary/aromatic N) is 2. The first-order valence-corrected chi connectivity index (χ1v) is 9.78. The van der Waals surface area contributed by atoms with Gasteiger partial charge in [-0.05, 0) is 50.5 Å². The van der Waals surface area contributed by atoms with Crippen molar-refractivity contribution < 1.29 is 4.74 Å². The van der Waals surface area contributed by atoms with Crippen LogP contribution in [0.25, 0.3) is 0 Å². The van der Waals surface area contributed by atoms with Gasteiger partial charge in [0.15, 0.2) is 5.96 Å². The minimum Gasteiger partial charge on any atom is -0.378 e. The van der Waals surface area contributed by atoms with E-state index in [0.29, 0.717) is 12.0 Å². The van der Waals surface area contributed by atoms with Gasteiger partial charge >= 0.3 is 0 Å². The molecule has 1 fully saturated rings. The van der Waals surface area contributed by atoms with Crippen LogP contribution in [0.4, 0.5) is 0 Å². The highest BCUT2D eigenvalue weighted by Crippen LogP contribution is 2.16. The number of hydrogen-bond donors (Lipinski definition) is 1. The molecule has 23 heavy (non-hydrogen) atoms. The first kappa shape index (κ1) is 18.3. The molecule has 1 aromatic rings. The lowest BCUT2D eigenvalue weighted by Gasteiger charge is -2.34. The highest BCUT2D eigenvalue weighted by molar-refractivity contribution is 7.09. The molecule has 0 amide bonds. The number of guanidine groups is 1. The van der Waals surface area contributed by atoms with Crippen LogP contribution in [-0.4, -0.2) is 49.7 Å². The van der Waals surface area contributed by atoms with Crippen molar-refractivity contribution in [2.45, 2.75) is 46.1 Å². The summed E-state index contributed by atoms with van der Waals surface area (Å²) in [6.45, 7) is 11.2. The van der Waals surface area contributed by atoms with Gasteiger partial charge in [0.1, 0.15) is 0 Å². The lowest BCUT2D eigenvalue weighted by atomic mass is 10.1. The smallest absolute Gasteiger partial charge is 0.193 e. The lowest BCUT2D eigenvalue weighted by Crippen LogP contribution is -2.47. The third-order valence-corrected chi connectivity index (χ3v) is 5.06. The maximum atomic E-state index is 5.74. The van der Waals surface area contributed by atoms with Crippen LogP contribution >= 0.6 is 11.3 Å². The van der Waals surface area contributed by atoms with Crippen LogP contribution in [0, 0.1) is 5.92 Å². The molecule has 0 bridgehead atoms. The van der Waals surface area contributed by atoms with Crippen molar-refractivity contribution in [1.82, 2.24) is 10.2 Å². The Morgan fingerprint density at radius 2 is 2.22 bits per heavy atom. The van der Waals surface area contributed by atoms with E-state index in [2.05, 4.69) is 48.5 Å². The Balaban J connectivity index is 1.84. The maximum Gasteiger partial charge on any atom is 0.193 e. The molecule has 1 aliphatic heterocycles. The van der Waals surface area contributed by atoms with E-state index >= 15 is 0 Å². The normalized spacial score (nSPS) is 18.2. The Morgan fingerprint density at radius 1 is 1.43 bits per heavy atom. The van der Waals surface area contributed by atoms with E-state index in [1.165, 1.54) is 4.88 Å². The number of likely N-dealkylation sites (tertiary alicyclic amines) is 1. The fraction of sp³-hybridized carbons (Fsp3) is 0.722. The summed E-state index contributed by atoms with van der Waals surface area (Å²) in [4.78, 5) is 8.72. The maximum absolute atomic E-state index is 5.74. The molecule has 0 aliphatic carbocycles. The van der Waals surface area contributed by atoms with Crippen LogP contribution in [0.3, 0.4) is 0 Å². The largest absolute Gasteiger partial charge is 0.378 e. The molecule has 0 saturated carbocycles. The highest BCUT2D eigenvalue weighted by Gasteiger charge is 2.21. The van der Waals surface area contributed by atoms with Crippen molar-refractivity contribution in [3.63, 3.8) is 0 Å². The van der Waals surface area contributed by atoms with Crippen molar-refractivity contribution >= 4 is 17.3 Å². The SMILES string of the molecule is CCNC(=NCC(C)Cc1cccs1)N1CCC(OCC)CC1. The van der Waals surface area contributed by atoms with Crippen molar-refractivity contribution in [3.8, 4) is 0 Å². The van der Waals surface area contributed by atoms with Gasteiger partial charge in [-0.2, -0.15) is 0 Å². The lowest BCUT2D eigenvalue weighted by molar-refractivity contribution is 0.0263. The summed E-state index contributed by atoms with van der Waals surface area (Å²) in [7, 11) is 0. The van der Waals surface area contributed by atoms with Gasteiger partial charge in [-0.15, -0.1) is 11.3 Å². The Kier molecular flexibility index (Phi) is 7.89. The zero-order valence-corrected chi connectivity index (χ0v) is 15.6. The van der Waals surface area contributed by atoms with E-state index in [4.69, 9.17) is 9.73 Å². The molecule has 130 valence electrons. The van der Waals surface area contributed by atoms with Gasteiger partial charge < -0.3 is 15.0 Å². The molecule has 2 rings (SSSR count). The topological polar surface area (TPSA) is 36.9 Å². The first-order valence-electron chi connectivity index (χ1n) is 8.90. The van der Waals surface area contributed by atoms with Crippen LogP contribution < -0.4 is 5.32 Å². The average Bonchev–Trinajstić information content (AvgIpc) is 3.05. The summed E-state index contributed by atoms with van der Waals surface area (Å²) in [5.41, 5.74) is 0. The predicted octanol–water partition coefficient (Wildman–Crippen LogP) is 3.39. The summed E-state index contributed by atoms with van der Waals surface area (Å²) in [6.07, 6.45) is 3.75. The van der Waals surface area contributed by atoms with E-state index in [0.717, 1.165) is 58.0 Å². The van der Waals surface area contributed by atoms with Crippen LogP contribution in [0.1, 0.15) is 38.5 Å². The van der Waals surface area contributed by atoms with Crippen molar-refractivity contribution in [2.75, 3.05) is 32.8 Å². The second-order valence-electron chi connectivity index (χ2n) is 6.23.